The summed E-state index contributed by atoms with van der Waals surface area (Å²) in [6, 6.07) is 0. The lowest BCUT2D eigenvalue weighted by molar-refractivity contribution is 0.0738. The SMILES string of the molecule is CCN(CC)C(=O)c1cnc(C2CCNCC2)o1. The van der Waals surface area contributed by atoms with Crippen LogP contribution in [0.1, 0.15) is 49.1 Å². The molecule has 0 spiro atoms. The van der Waals surface area contributed by atoms with Crippen LogP contribution >= 0.6 is 0 Å². The lowest BCUT2D eigenvalue weighted by atomic mass is 9.98. The topological polar surface area (TPSA) is 58.4 Å². The first kappa shape index (κ1) is 13.1. The molecule has 0 radical (unpaired) electrons. The second-order valence-electron chi connectivity index (χ2n) is 4.56. The standard InChI is InChI=1S/C13H21N3O2/c1-3-16(4-2)13(17)11-9-15-12(18-11)10-5-7-14-8-6-10/h9-10,14H,3-8H2,1-2H3. The number of hydrogen-bond acceptors (Lipinski definition) is 4. The second kappa shape index (κ2) is 6.00. The normalized spacial score (nSPS) is 16.8. The second-order valence-corrected chi connectivity index (χ2v) is 4.56. The van der Waals surface area contributed by atoms with Crippen molar-refractivity contribution in [2.75, 3.05) is 26.2 Å². The van der Waals surface area contributed by atoms with E-state index in [1.807, 2.05) is 13.8 Å². The Balaban J connectivity index is 2.07. The van der Waals surface area contributed by atoms with Crippen molar-refractivity contribution in [3.63, 3.8) is 0 Å². The molecule has 2 rings (SSSR count). The van der Waals surface area contributed by atoms with E-state index in [-0.39, 0.29) is 5.91 Å². The van der Waals surface area contributed by atoms with E-state index in [2.05, 4.69) is 10.3 Å². The highest BCUT2D eigenvalue weighted by atomic mass is 16.4. The number of carbonyl (C=O) groups excluding carboxylic acids is 1. The van der Waals surface area contributed by atoms with Gasteiger partial charge >= 0.3 is 0 Å². The molecule has 1 fully saturated rings. The molecular weight excluding hydrogens is 230 g/mol. The Morgan fingerprint density at radius 2 is 2.11 bits per heavy atom. The Labute approximate surface area is 108 Å². The summed E-state index contributed by atoms with van der Waals surface area (Å²) in [5, 5.41) is 3.31. The molecule has 18 heavy (non-hydrogen) atoms. The van der Waals surface area contributed by atoms with Crippen molar-refractivity contribution in [1.29, 1.82) is 0 Å². The minimum absolute atomic E-state index is 0.0623. The summed E-state index contributed by atoms with van der Waals surface area (Å²) in [4.78, 5) is 18.1. The molecule has 2 heterocycles. The summed E-state index contributed by atoms with van der Waals surface area (Å²) in [6.07, 6.45) is 3.62. The van der Waals surface area contributed by atoms with Crippen molar-refractivity contribution in [2.24, 2.45) is 0 Å². The van der Waals surface area contributed by atoms with Gasteiger partial charge in [-0.3, -0.25) is 4.79 Å². The van der Waals surface area contributed by atoms with Crippen LogP contribution in [0, 0.1) is 0 Å². The molecule has 1 aromatic rings. The summed E-state index contributed by atoms with van der Waals surface area (Å²) in [5.74, 6) is 1.37. The summed E-state index contributed by atoms with van der Waals surface area (Å²) >= 11 is 0. The van der Waals surface area contributed by atoms with Crippen LogP contribution in [0.5, 0.6) is 0 Å². The molecule has 0 unspecified atom stereocenters. The van der Waals surface area contributed by atoms with Crippen LogP contribution in [-0.4, -0.2) is 42.0 Å². The number of oxazole rings is 1. The fourth-order valence-corrected chi connectivity index (χ4v) is 2.31. The first-order valence-corrected chi connectivity index (χ1v) is 6.72. The highest BCUT2D eigenvalue weighted by Gasteiger charge is 2.23. The van der Waals surface area contributed by atoms with Gasteiger partial charge in [0.05, 0.1) is 6.20 Å². The maximum Gasteiger partial charge on any atom is 0.291 e. The number of nitrogens with zero attached hydrogens (tertiary/aromatic N) is 2. The molecular formula is C13H21N3O2. The summed E-state index contributed by atoms with van der Waals surface area (Å²) < 4.78 is 5.64. The van der Waals surface area contributed by atoms with E-state index in [1.165, 1.54) is 0 Å². The number of hydrogen-bond donors (Lipinski definition) is 1. The van der Waals surface area contributed by atoms with Gasteiger partial charge in [0.15, 0.2) is 5.89 Å². The smallest absolute Gasteiger partial charge is 0.291 e. The molecule has 1 aromatic heterocycles. The van der Waals surface area contributed by atoms with Crippen molar-refractivity contribution < 1.29 is 9.21 Å². The molecule has 1 amide bonds. The third-order valence-electron chi connectivity index (χ3n) is 3.47. The number of carbonyl (C=O) groups is 1. The van der Waals surface area contributed by atoms with Crippen LogP contribution in [0.15, 0.2) is 10.6 Å². The van der Waals surface area contributed by atoms with Crippen molar-refractivity contribution in [3.8, 4) is 0 Å². The number of piperidine rings is 1. The maximum absolute atomic E-state index is 12.1. The van der Waals surface area contributed by atoms with E-state index in [0.717, 1.165) is 25.9 Å². The number of aromatic nitrogens is 1. The zero-order valence-electron chi connectivity index (χ0n) is 11.1. The van der Waals surface area contributed by atoms with E-state index in [1.54, 1.807) is 11.1 Å². The van der Waals surface area contributed by atoms with Gasteiger partial charge in [0.2, 0.25) is 5.76 Å². The highest BCUT2D eigenvalue weighted by Crippen LogP contribution is 2.24. The molecule has 1 saturated heterocycles. The Bertz CT molecular complexity index is 393. The summed E-state index contributed by atoms with van der Waals surface area (Å²) in [5.41, 5.74) is 0. The van der Waals surface area contributed by atoms with Crippen molar-refractivity contribution >= 4 is 5.91 Å². The van der Waals surface area contributed by atoms with Crippen LogP contribution in [0.3, 0.4) is 0 Å². The number of amides is 1. The maximum atomic E-state index is 12.1. The fourth-order valence-electron chi connectivity index (χ4n) is 2.31. The minimum atomic E-state index is -0.0623. The van der Waals surface area contributed by atoms with Gasteiger partial charge < -0.3 is 14.6 Å². The first-order valence-electron chi connectivity index (χ1n) is 6.72. The van der Waals surface area contributed by atoms with Gasteiger partial charge in [0.1, 0.15) is 0 Å². The van der Waals surface area contributed by atoms with Gasteiger partial charge in [-0.2, -0.15) is 0 Å². The summed E-state index contributed by atoms with van der Waals surface area (Å²) in [6.45, 7) is 7.30. The molecule has 5 nitrogen and oxygen atoms in total. The zero-order chi connectivity index (χ0) is 13.0. The molecule has 0 aliphatic carbocycles. The van der Waals surface area contributed by atoms with Gasteiger partial charge in [-0.15, -0.1) is 0 Å². The average molecular weight is 251 g/mol. The van der Waals surface area contributed by atoms with Crippen molar-refractivity contribution in [2.45, 2.75) is 32.6 Å². The Morgan fingerprint density at radius 3 is 2.72 bits per heavy atom. The van der Waals surface area contributed by atoms with E-state index >= 15 is 0 Å². The Morgan fingerprint density at radius 1 is 1.44 bits per heavy atom. The van der Waals surface area contributed by atoms with Gasteiger partial charge in [-0.25, -0.2) is 4.98 Å². The monoisotopic (exact) mass is 251 g/mol. The van der Waals surface area contributed by atoms with Crippen LogP contribution in [0.2, 0.25) is 0 Å². The lowest BCUT2D eigenvalue weighted by Gasteiger charge is -2.19. The molecule has 5 heteroatoms. The molecule has 1 aliphatic rings. The van der Waals surface area contributed by atoms with Crippen LogP contribution in [-0.2, 0) is 0 Å². The van der Waals surface area contributed by atoms with Gasteiger partial charge in [-0.1, -0.05) is 0 Å². The molecule has 0 saturated carbocycles. The molecule has 0 bridgehead atoms. The molecule has 0 atom stereocenters. The molecule has 100 valence electrons. The van der Waals surface area contributed by atoms with Crippen LogP contribution in [0.4, 0.5) is 0 Å². The van der Waals surface area contributed by atoms with Gasteiger partial charge in [0, 0.05) is 19.0 Å². The molecule has 1 aliphatic heterocycles. The lowest BCUT2D eigenvalue weighted by Crippen LogP contribution is -2.30. The fraction of sp³-hybridized carbons (Fsp3) is 0.692. The van der Waals surface area contributed by atoms with Gasteiger partial charge in [0.25, 0.3) is 5.91 Å². The number of rotatable bonds is 4. The predicted octanol–water partition coefficient (Wildman–Crippen LogP) is 1.62. The van der Waals surface area contributed by atoms with E-state index in [9.17, 15) is 4.79 Å². The van der Waals surface area contributed by atoms with Crippen molar-refractivity contribution in [3.05, 3.63) is 17.8 Å². The Kier molecular flexibility index (Phi) is 4.36. The third kappa shape index (κ3) is 2.72. The average Bonchev–Trinajstić information content (AvgIpc) is 2.90. The summed E-state index contributed by atoms with van der Waals surface area (Å²) in [7, 11) is 0. The minimum Gasteiger partial charge on any atom is -0.435 e. The Hall–Kier alpha value is -1.36. The molecule has 1 N–H and O–H groups in total. The van der Waals surface area contributed by atoms with E-state index in [4.69, 9.17) is 4.42 Å². The van der Waals surface area contributed by atoms with Gasteiger partial charge in [-0.05, 0) is 39.8 Å². The third-order valence-corrected chi connectivity index (χ3v) is 3.47. The zero-order valence-corrected chi connectivity index (χ0v) is 11.1. The first-order chi connectivity index (χ1) is 8.76. The number of nitrogens with one attached hydrogen (secondary N) is 1. The van der Waals surface area contributed by atoms with Crippen molar-refractivity contribution in [1.82, 2.24) is 15.2 Å². The van der Waals surface area contributed by atoms with Crippen LogP contribution in [0.25, 0.3) is 0 Å². The quantitative estimate of drug-likeness (QED) is 0.883. The largest absolute Gasteiger partial charge is 0.435 e. The van der Waals surface area contributed by atoms with Crippen LogP contribution < -0.4 is 5.32 Å². The predicted molar refractivity (Wildman–Crippen MR) is 68.6 cm³/mol. The van der Waals surface area contributed by atoms with E-state index in [0.29, 0.717) is 30.7 Å². The van der Waals surface area contributed by atoms with E-state index < -0.39 is 0 Å². The molecule has 0 aromatic carbocycles. The highest BCUT2D eigenvalue weighted by molar-refractivity contribution is 5.91.